The zero-order valence-electron chi connectivity index (χ0n) is 7.61. The summed E-state index contributed by atoms with van der Waals surface area (Å²) in [7, 11) is 0. The second-order valence-corrected chi connectivity index (χ2v) is 4.72. The van der Waals surface area contributed by atoms with Crippen LogP contribution in [-0.2, 0) is 0 Å². The molecule has 2 heterocycles. The van der Waals surface area contributed by atoms with Gasteiger partial charge in [0.1, 0.15) is 0 Å². The molecule has 5 heteroatoms. The summed E-state index contributed by atoms with van der Waals surface area (Å²) in [6.07, 6.45) is 0.936. The number of nitrogens with zero attached hydrogens (tertiary/aromatic N) is 2. The molecule has 74 valence electrons. The third kappa shape index (κ3) is 1.88. The van der Waals surface area contributed by atoms with Crippen molar-refractivity contribution in [2.24, 2.45) is 0 Å². The van der Waals surface area contributed by atoms with Gasteiger partial charge in [0.05, 0.1) is 4.83 Å². The van der Waals surface area contributed by atoms with E-state index in [-0.39, 0.29) is 4.83 Å². The average molecular weight is 273 g/mol. The summed E-state index contributed by atoms with van der Waals surface area (Å²) in [5.74, 6) is 1.24. The maximum atomic E-state index is 5.52. The van der Waals surface area contributed by atoms with Crippen molar-refractivity contribution in [3.05, 3.63) is 22.7 Å². The van der Waals surface area contributed by atoms with Crippen molar-refractivity contribution in [1.29, 1.82) is 0 Å². The molecule has 2 aromatic heterocycles. The van der Waals surface area contributed by atoms with E-state index in [0.717, 1.165) is 12.0 Å². The van der Waals surface area contributed by atoms with Gasteiger partial charge in [-0.25, -0.2) is 0 Å². The van der Waals surface area contributed by atoms with Crippen LogP contribution >= 0.6 is 27.3 Å². The third-order valence-corrected chi connectivity index (χ3v) is 3.56. The highest BCUT2D eigenvalue weighted by molar-refractivity contribution is 9.09. The quantitative estimate of drug-likeness (QED) is 0.801. The van der Waals surface area contributed by atoms with Crippen LogP contribution in [0.3, 0.4) is 0 Å². The van der Waals surface area contributed by atoms with Crippen LogP contribution < -0.4 is 0 Å². The lowest BCUT2D eigenvalue weighted by atomic mass is 10.3. The van der Waals surface area contributed by atoms with Crippen LogP contribution in [0.25, 0.3) is 11.5 Å². The minimum Gasteiger partial charge on any atom is -0.419 e. The highest BCUT2D eigenvalue weighted by atomic mass is 79.9. The standard InChI is InChI=1S/C9H9BrN2OS/c1-2-7(10)9-12-11-8(13-9)6-3-4-14-5-6/h3-5,7H,2H2,1H3. The van der Waals surface area contributed by atoms with Crippen LogP contribution in [-0.4, -0.2) is 10.2 Å². The van der Waals surface area contributed by atoms with Crippen molar-refractivity contribution in [1.82, 2.24) is 10.2 Å². The van der Waals surface area contributed by atoms with E-state index in [4.69, 9.17) is 4.42 Å². The van der Waals surface area contributed by atoms with Crippen LogP contribution in [0.2, 0.25) is 0 Å². The van der Waals surface area contributed by atoms with Crippen LogP contribution in [0.1, 0.15) is 24.1 Å². The first-order valence-electron chi connectivity index (χ1n) is 4.31. The number of thiophene rings is 1. The second kappa shape index (κ2) is 4.23. The smallest absolute Gasteiger partial charge is 0.248 e. The highest BCUT2D eigenvalue weighted by Gasteiger charge is 2.14. The van der Waals surface area contributed by atoms with Crippen LogP contribution in [0.5, 0.6) is 0 Å². The molecule has 0 aliphatic rings. The molecule has 0 saturated carbocycles. The predicted octanol–water partition coefficient (Wildman–Crippen LogP) is 3.64. The molecule has 0 bridgehead atoms. The fraction of sp³-hybridized carbons (Fsp3) is 0.333. The van der Waals surface area contributed by atoms with Crippen LogP contribution in [0.4, 0.5) is 0 Å². The number of hydrogen-bond acceptors (Lipinski definition) is 4. The molecular formula is C9H9BrN2OS. The molecule has 0 aliphatic carbocycles. The Morgan fingerprint density at radius 2 is 2.43 bits per heavy atom. The molecule has 0 fully saturated rings. The van der Waals surface area contributed by atoms with Gasteiger partial charge in [-0.05, 0) is 17.9 Å². The van der Waals surface area contributed by atoms with Gasteiger partial charge in [0.2, 0.25) is 11.8 Å². The molecule has 0 saturated heterocycles. The number of aromatic nitrogens is 2. The van der Waals surface area contributed by atoms with Crippen molar-refractivity contribution in [3.8, 4) is 11.5 Å². The minimum absolute atomic E-state index is 0.155. The van der Waals surface area contributed by atoms with E-state index in [1.54, 1.807) is 11.3 Å². The normalized spacial score (nSPS) is 13.0. The fourth-order valence-corrected chi connectivity index (χ4v) is 1.85. The van der Waals surface area contributed by atoms with Gasteiger partial charge >= 0.3 is 0 Å². The summed E-state index contributed by atoms with van der Waals surface area (Å²) in [6.45, 7) is 2.06. The van der Waals surface area contributed by atoms with E-state index in [9.17, 15) is 0 Å². The topological polar surface area (TPSA) is 38.9 Å². The molecule has 0 N–H and O–H groups in total. The first-order valence-corrected chi connectivity index (χ1v) is 6.17. The lowest BCUT2D eigenvalue weighted by Crippen LogP contribution is -1.86. The Labute approximate surface area is 94.3 Å². The maximum absolute atomic E-state index is 5.52. The molecule has 0 aromatic carbocycles. The van der Waals surface area contributed by atoms with E-state index in [1.807, 2.05) is 16.8 Å². The highest BCUT2D eigenvalue weighted by Crippen LogP contribution is 2.28. The molecule has 1 unspecified atom stereocenters. The van der Waals surface area contributed by atoms with E-state index in [0.29, 0.717) is 11.8 Å². The summed E-state index contributed by atoms with van der Waals surface area (Å²) in [6, 6.07) is 1.97. The van der Waals surface area contributed by atoms with Crippen molar-refractivity contribution in [2.45, 2.75) is 18.2 Å². The number of halogens is 1. The summed E-state index contributed by atoms with van der Waals surface area (Å²) >= 11 is 5.09. The van der Waals surface area contributed by atoms with Gasteiger partial charge < -0.3 is 4.42 Å². The Hall–Kier alpha value is -0.680. The van der Waals surface area contributed by atoms with Gasteiger partial charge in [-0.2, -0.15) is 11.3 Å². The lowest BCUT2D eigenvalue weighted by molar-refractivity contribution is 0.500. The number of rotatable bonds is 3. The van der Waals surface area contributed by atoms with Crippen LogP contribution in [0.15, 0.2) is 21.2 Å². The molecule has 0 spiro atoms. The molecule has 14 heavy (non-hydrogen) atoms. The van der Waals surface area contributed by atoms with Crippen molar-refractivity contribution >= 4 is 27.3 Å². The maximum Gasteiger partial charge on any atom is 0.248 e. The van der Waals surface area contributed by atoms with Crippen molar-refractivity contribution < 1.29 is 4.42 Å². The molecule has 0 radical (unpaired) electrons. The van der Waals surface area contributed by atoms with E-state index in [1.165, 1.54) is 0 Å². The van der Waals surface area contributed by atoms with Crippen molar-refractivity contribution in [2.75, 3.05) is 0 Å². The van der Waals surface area contributed by atoms with E-state index < -0.39 is 0 Å². The molecule has 1 atom stereocenters. The Morgan fingerprint density at radius 1 is 1.57 bits per heavy atom. The summed E-state index contributed by atoms with van der Waals surface area (Å²) in [5, 5.41) is 12.0. The predicted molar refractivity (Wildman–Crippen MR) is 59.6 cm³/mol. The summed E-state index contributed by atoms with van der Waals surface area (Å²) < 4.78 is 5.52. The monoisotopic (exact) mass is 272 g/mol. The molecular weight excluding hydrogens is 264 g/mol. The Kier molecular flexibility index (Phi) is 2.98. The second-order valence-electron chi connectivity index (χ2n) is 2.83. The first kappa shape index (κ1) is 9.86. The van der Waals surface area contributed by atoms with Crippen molar-refractivity contribution in [3.63, 3.8) is 0 Å². The van der Waals surface area contributed by atoms with Gasteiger partial charge in [0.15, 0.2) is 0 Å². The molecule has 2 rings (SSSR count). The number of alkyl halides is 1. The van der Waals surface area contributed by atoms with Gasteiger partial charge in [0.25, 0.3) is 0 Å². The molecule has 2 aromatic rings. The fourth-order valence-electron chi connectivity index (χ4n) is 1.04. The van der Waals surface area contributed by atoms with Gasteiger partial charge in [0, 0.05) is 10.9 Å². The lowest BCUT2D eigenvalue weighted by Gasteiger charge is -1.97. The number of hydrogen-bond donors (Lipinski definition) is 0. The SMILES string of the molecule is CCC(Br)c1nnc(-c2ccsc2)o1. The van der Waals surface area contributed by atoms with Gasteiger partial charge in [-0.3, -0.25) is 0 Å². The average Bonchev–Trinajstić information content (AvgIpc) is 2.86. The molecule has 0 aliphatic heterocycles. The summed E-state index contributed by atoms with van der Waals surface area (Å²) in [4.78, 5) is 0.155. The minimum atomic E-state index is 0.155. The summed E-state index contributed by atoms with van der Waals surface area (Å²) in [5.41, 5.74) is 0.990. The third-order valence-electron chi connectivity index (χ3n) is 1.84. The van der Waals surface area contributed by atoms with Gasteiger partial charge in [-0.15, -0.1) is 10.2 Å². The Balaban J connectivity index is 2.26. The molecule has 0 amide bonds. The zero-order chi connectivity index (χ0) is 9.97. The Morgan fingerprint density at radius 3 is 3.07 bits per heavy atom. The largest absolute Gasteiger partial charge is 0.419 e. The zero-order valence-corrected chi connectivity index (χ0v) is 10.0. The van der Waals surface area contributed by atoms with Gasteiger partial charge in [-0.1, -0.05) is 22.9 Å². The molecule has 3 nitrogen and oxygen atoms in total. The van der Waals surface area contributed by atoms with E-state index in [2.05, 4.69) is 33.1 Å². The Bertz CT molecular complexity index is 399. The first-order chi connectivity index (χ1) is 6.81. The van der Waals surface area contributed by atoms with Crippen LogP contribution in [0, 0.1) is 0 Å². The van der Waals surface area contributed by atoms with E-state index >= 15 is 0 Å².